The lowest BCUT2D eigenvalue weighted by atomic mass is 9.96. The van der Waals surface area contributed by atoms with Crippen molar-refractivity contribution in [3.05, 3.63) is 34.6 Å². The Balaban J connectivity index is 2.34. The molecule has 76 valence electrons. The van der Waals surface area contributed by atoms with Crippen LogP contribution in [-0.4, -0.2) is 6.54 Å². The van der Waals surface area contributed by atoms with Gasteiger partial charge in [-0.05, 0) is 42.6 Å². The summed E-state index contributed by atoms with van der Waals surface area (Å²) in [5, 5.41) is 3.99. The lowest BCUT2D eigenvalue weighted by molar-refractivity contribution is 0.500. The van der Waals surface area contributed by atoms with Gasteiger partial charge in [0.25, 0.3) is 0 Å². The Bertz CT molecular complexity index is 340. The van der Waals surface area contributed by atoms with Gasteiger partial charge in [0.15, 0.2) is 0 Å². The van der Waals surface area contributed by atoms with Gasteiger partial charge in [-0.2, -0.15) is 0 Å². The first-order valence-electron chi connectivity index (χ1n) is 4.87. The van der Waals surface area contributed by atoms with E-state index in [0.717, 1.165) is 18.5 Å². The molecule has 1 saturated heterocycles. The maximum absolute atomic E-state index is 13.0. The molecule has 1 N–H and O–H groups in total. The zero-order valence-corrected chi connectivity index (χ0v) is 8.81. The molecule has 1 aliphatic rings. The first-order chi connectivity index (χ1) is 6.68. The molecule has 3 heteroatoms. The Kier molecular flexibility index (Phi) is 2.75. The zero-order valence-electron chi connectivity index (χ0n) is 8.06. The van der Waals surface area contributed by atoms with Gasteiger partial charge in [0, 0.05) is 11.1 Å². The number of halogens is 2. The second-order valence-electron chi connectivity index (χ2n) is 3.86. The van der Waals surface area contributed by atoms with Crippen LogP contribution in [0.25, 0.3) is 0 Å². The fourth-order valence-electron chi connectivity index (χ4n) is 2.00. The van der Waals surface area contributed by atoms with E-state index in [0.29, 0.717) is 10.9 Å². The van der Waals surface area contributed by atoms with Gasteiger partial charge in [-0.3, -0.25) is 0 Å². The monoisotopic (exact) mass is 213 g/mol. The molecule has 14 heavy (non-hydrogen) atoms. The molecule has 1 heterocycles. The topological polar surface area (TPSA) is 12.0 Å². The zero-order chi connectivity index (χ0) is 10.1. The van der Waals surface area contributed by atoms with Gasteiger partial charge in [-0.15, -0.1) is 0 Å². The number of nitrogens with one attached hydrogen (secondary N) is 1. The van der Waals surface area contributed by atoms with Crippen LogP contribution in [0.3, 0.4) is 0 Å². The summed E-state index contributed by atoms with van der Waals surface area (Å²) in [5.41, 5.74) is 0.886. The van der Waals surface area contributed by atoms with Crippen LogP contribution in [0, 0.1) is 11.7 Å². The maximum Gasteiger partial charge on any atom is 0.123 e. The highest BCUT2D eigenvalue weighted by molar-refractivity contribution is 6.31. The van der Waals surface area contributed by atoms with E-state index in [2.05, 4.69) is 12.2 Å². The van der Waals surface area contributed by atoms with E-state index in [1.165, 1.54) is 12.1 Å². The van der Waals surface area contributed by atoms with E-state index in [4.69, 9.17) is 11.6 Å². The highest BCUT2D eigenvalue weighted by Crippen LogP contribution is 2.33. The van der Waals surface area contributed by atoms with Crippen molar-refractivity contribution in [3.8, 4) is 0 Å². The molecule has 0 saturated carbocycles. The average molecular weight is 214 g/mol. The number of hydrogen-bond acceptors (Lipinski definition) is 1. The van der Waals surface area contributed by atoms with E-state index in [9.17, 15) is 4.39 Å². The molecule has 1 fully saturated rings. The van der Waals surface area contributed by atoms with Crippen molar-refractivity contribution < 1.29 is 4.39 Å². The third-order valence-electron chi connectivity index (χ3n) is 2.83. The van der Waals surface area contributed by atoms with Crippen LogP contribution in [0.1, 0.15) is 24.9 Å². The third-order valence-corrected chi connectivity index (χ3v) is 3.17. The summed E-state index contributed by atoms with van der Waals surface area (Å²) in [4.78, 5) is 0. The molecule has 1 nitrogen and oxygen atoms in total. The lowest BCUT2D eigenvalue weighted by Gasteiger charge is -2.17. The minimum absolute atomic E-state index is 0.207. The van der Waals surface area contributed by atoms with Gasteiger partial charge in [-0.1, -0.05) is 18.5 Å². The van der Waals surface area contributed by atoms with E-state index in [-0.39, 0.29) is 11.9 Å². The summed E-state index contributed by atoms with van der Waals surface area (Å²) in [7, 11) is 0. The quantitative estimate of drug-likeness (QED) is 0.756. The largest absolute Gasteiger partial charge is 0.310 e. The molecular formula is C11H13ClFN. The summed E-state index contributed by atoms with van der Waals surface area (Å²) >= 11 is 6.03. The van der Waals surface area contributed by atoms with E-state index < -0.39 is 0 Å². The third kappa shape index (κ3) is 1.77. The van der Waals surface area contributed by atoms with Crippen LogP contribution >= 0.6 is 11.6 Å². The minimum atomic E-state index is -0.217. The molecule has 0 unspecified atom stereocenters. The van der Waals surface area contributed by atoms with Crippen molar-refractivity contribution in [2.45, 2.75) is 19.4 Å². The molecule has 0 aromatic heterocycles. The second-order valence-corrected chi connectivity index (χ2v) is 4.27. The van der Waals surface area contributed by atoms with Crippen LogP contribution in [0.2, 0.25) is 5.02 Å². The maximum atomic E-state index is 13.0. The Morgan fingerprint density at radius 2 is 2.29 bits per heavy atom. The lowest BCUT2D eigenvalue weighted by Crippen LogP contribution is -2.17. The molecule has 0 radical (unpaired) electrons. The van der Waals surface area contributed by atoms with Gasteiger partial charge in [0.1, 0.15) is 5.82 Å². The van der Waals surface area contributed by atoms with Crippen molar-refractivity contribution in [1.82, 2.24) is 5.32 Å². The molecule has 2 atom stereocenters. The summed E-state index contributed by atoms with van der Waals surface area (Å²) in [6.45, 7) is 3.14. The predicted octanol–water partition coefficient (Wildman–Crippen LogP) is 3.15. The first-order valence-corrected chi connectivity index (χ1v) is 5.24. The molecule has 1 aliphatic heterocycles. The van der Waals surface area contributed by atoms with Crippen molar-refractivity contribution in [3.63, 3.8) is 0 Å². The Labute approximate surface area is 88.3 Å². The van der Waals surface area contributed by atoms with E-state index in [1.807, 2.05) is 0 Å². The molecule has 0 amide bonds. The molecule has 0 spiro atoms. The standard InChI is InChI=1S/C11H13ClFN/c1-7-4-5-14-11(7)9-6-8(13)2-3-10(9)12/h2-3,6-7,11,14H,4-5H2,1H3/t7-,11-/m1/s1. The normalized spacial score (nSPS) is 26.8. The van der Waals surface area contributed by atoms with Gasteiger partial charge in [0.05, 0.1) is 0 Å². The fourth-order valence-corrected chi connectivity index (χ4v) is 2.24. The second kappa shape index (κ2) is 3.87. The van der Waals surface area contributed by atoms with Gasteiger partial charge >= 0.3 is 0 Å². The van der Waals surface area contributed by atoms with Crippen LogP contribution in [0.15, 0.2) is 18.2 Å². The molecule has 2 rings (SSSR count). The summed E-state index contributed by atoms with van der Waals surface area (Å²) < 4.78 is 13.0. The van der Waals surface area contributed by atoms with E-state index >= 15 is 0 Å². The molecule has 0 bridgehead atoms. The smallest absolute Gasteiger partial charge is 0.123 e. The van der Waals surface area contributed by atoms with Crippen LogP contribution in [0.5, 0.6) is 0 Å². The molecule has 1 aromatic carbocycles. The Hall–Kier alpha value is -0.600. The highest BCUT2D eigenvalue weighted by Gasteiger charge is 2.26. The molecular weight excluding hydrogens is 201 g/mol. The summed E-state index contributed by atoms with van der Waals surface area (Å²) in [5.74, 6) is 0.305. The number of benzene rings is 1. The number of hydrogen-bond donors (Lipinski definition) is 1. The number of rotatable bonds is 1. The van der Waals surface area contributed by atoms with Crippen molar-refractivity contribution in [1.29, 1.82) is 0 Å². The Morgan fingerprint density at radius 1 is 1.50 bits per heavy atom. The van der Waals surface area contributed by atoms with Gasteiger partial charge in [-0.25, -0.2) is 4.39 Å². The summed E-state index contributed by atoms with van der Waals surface area (Å²) in [6.07, 6.45) is 1.12. The average Bonchev–Trinajstić information content (AvgIpc) is 2.56. The summed E-state index contributed by atoms with van der Waals surface area (Å²) in [6, 6.07) is 4.75. The highest BCUT2D eigenvalue weighted by atomic mass is 35.5. The van der Waals surface area contributed by atoms with Gasteiger partial charge < -0.3 is 5.32 Å². The minimum Gasteiger partial charge on any atom is -0.310 e. The fraction of sp³-hybridized carbons (Fsp3) is 0.455. The van der Waals surface area contributed by atoms with Crippen molar-refractivity contribution in [2.75, 3.05) is 6.54 Å². The predicted molar refractivity (Wildman–Crippen MR) is 55.9 cm³/mol. The van der Waals surface area contributed by atoms with E-state index in [1.54, 1.807) is 6.07 Å². The van der Waals surface area contributed by atoms with Crippen LogP contribution in [-0.2, 0) is 0 Å². The first kappa shape index (κ1) is 9.94. The SMILES string of the molecule is C[C@@H]1CCN[C@H]1c1cc(F)ccc1Cl. The van der Waals surface area contributed by atoms with Crippen molar-refractivity contribution >= 4 is 11.6 Å². The van der Waals surface area contributed by atoms with Crippen LogP contribution in [0.4, 0.5) is 4.39 Å². The van der Waals surface area contributed by atoms with Gasteiger partial charge in [0.2, 0.25) is 0 Å². The van der Waals surface area contributed by atoms with Crippen LogP contribution < -0.4 is 5.32 Å². The Morgan fingerprint density at radius 3 is 2.93 bits per heavy atom. The molecule has 0 aliphatic carbocycles. The van der Waals surface area contributed by atoms with Crippen molar-refractivity contribution in [2.24, 2.45) is 5.92 Å². The molecule has 1 aromatic rings.